The Morgan fingerprint density at radius 1 is 1.19 bits per heavy atom. The van der Waals surface area contributed by atoms with Crippen molar-refractivity contribution in [2.24, 2.45) is 10.4 Å². The third-order valence-electron chi connectivity index (χ3n) is 5.40. The van der Waals surface area contributed by atoms with Gasteiger partial charge < -0.3 is 15.0 Å². The quantitative estimate of drug-likeness (QED) is 0.394. The summed E-state index contributed by atoms with van der Waals surface area (Å²) < 4.78 is 5.56. The molecule has 6 heteroatoms. The highest BCUT2D eigenvalue weighted by molar-refractivity contribution is 14.0. The molecule has 0 aromatic heterocycles. The van der Waals surface area contributed by atoms with Gasteiger partial charge in [0.2, 0.25) is 0 Å². The van der Waals surface area contributed by atoms with E-state index in [0.717, 1.165) is 58.4 Å². The van der Waals surface area contributed by atoms with Crippen molar-refractivity contribution < 1.29 is 4.74 Å². The van der Waals surface area contributed by atoms with E-state index in [1.807, 2.05) is 0 Å². The maximum absolute atomic E-state index is 5.56. The molecule has 0 radical (unpaired) electrons. The van der Waals surface area contributed by atoms with Crippen molar-refractivity contribution in [3.05, 3.63) is 35.9 Å². The van der Waals surface area contributed by atoms with Gasteiger partial charge in [-0.05, 0) is 24.3 Å². The fraction of sp³-hybridized carbons (Fsp3) is 0.667. The van der Waals surface area contributed by atoms with Gasteiger partial charge in [-0.25, -0.2) is 0 Å². The molecule has 1 atom stereocenters. The van der Waals surface area contributed by atoms with Gasteiger partial charge in [0, 0.05) is 32.7 Å². The van der Waals surface area contributed by atoms with Crippen LogP contribution in [-0.2, 0) is 4.74 Å². The highest BCUT2D eigenvalue weighted by Crippen LogP contribution is 2.29. The molecule has 0 aliphatic carbocycles. The van der Waals surface area contributed by atoms with Crippen LogP contribution < -0.4 is 5.32 Å². The van der Waals surface area contributed by atoms with Gasteiger partial charge in [0.1, 0.15) is 0 Å². The fourth-order valence-electron chi connectivity index (χ4n) is 3.89. The number of nitrogens with one attached hydrogen (secondary N) is 1. The molecule has 0 bridgehead atoms. The number of morpholine rings is 1. The van der Waals surface area contributed by atoms with Crippen LogP contribution in [0, 0.1) is 5.41 Å². The Balaban J connectivity index is 0.00000261. The van der Waals surface area contributed by atoms with Crippen LogP contribution in [0.1, 0.15) is 38.8 Å². The maximum Gasteiger partial charge on any atom is 0.194 e. The molecule has 2 saturated heterocycles. The predicted molar refractivity (Wildman–Crippen MR) is 123 cm³/mol. The Labute approximate surface area is 181 Å². The topological polar surface area (TPSA) is 40.1 Å². The van der Waals surface area contributed by atoms with Crippen molar-refractivity contribution in [3.8, 4) is 0 Å². The van der Waals surface area contributed by atoms with Gasteiger partial charge in [-0.2, -0.15) is 0 Å². The van der Waals surface area contributed by atoms with E-state index >= 15 is 0 Å². The van der Waals surface area contributed by atoms with Gasteiger partial charge in [-0.15, -0.1) is 24.0 Å². The van der Waals surface area contributed by atoms with Crippen LogP contribution in [0.2, 0.25) is 0 Å². The Kier molecular flexibility index (Phi) is 8.82. The molecule has 1 aromatic carbocycles. The standard InChI is InChI=1S/C21H34N4O.HI/c1-4-22-20(25-11-10-21(2,3)17-25)23-16-19(18-8-6-5-7-9-18)24-12-14-26-15-13-24;/h5-9,19H,4,10-17H2,1-3H3,(H,22,23);1H. The molecule has 2 heterocycles. The van der Waals surface area contributed by atoms with Crippen LogP contribution >= 0.6 is 24.0 Å². The maximum atomic E-state index is 5.56. The average molecular weight is 486 g/mol. The molecular weight excluding hydrogens is 451 g/mol. The second kappa shape index (κ2) is 10.6. The number of hydrogen-bond donors (Lipinski definition) is 1. The fourth-order valence-corrected chi connectivity index (χ4v) is 3.89. The van der Waals surface area contributed by atoms with E-state index < -0.39 is 0 Å². The number of ether oxygens (including phenoxy) is 1. The normalized spacial score (nSPS) is 21.6. The molecule has 27 heavy (non-hydrogen) atoms. The SMILES string of the molecule is CCNC(=NCC(c1ccccc1)N1CCOCC1)N1CCC(C)(C)C1.I. The van der Waals surface area contributed by atoms with Crippen LogP contribution in [0.4, 0.5) is 0 Å². The first-order valence-corrected chi connectivity index (χ1v) is 9.99. The zero-order chi connectivity index (χ0) is 18.4. The van der Waals surface area contributed by atoms with Gasteiger partial charge >= 0.3 is 0 Å². The molecule has 2 fully saturated rings. The van der Waals surface area contributed by atoms with Gasteiger partial charge in [0.25, 0.3) is 0 Å². The Morgan fingerprint density at radius 2 is 1.89 bits per heavy atom. The lowest BCUT2D eigenvalue weighted by atomic mass is 9.93. The molecule has 1 N–H and O–H groups in total. The number of aliphatic imine (C=N–C) groups is 1. The van der Waals surface area contributed by atoms with Crippen LogP contribution in [-0.4, -0.2) is 68.2 Å². The van der Waals surface area contributed by atoms with E-state index in [2.05, 4.69) is 66.2 Å². The minimum Gasteiger partial charge on any atom is -0.379 e. The first-order valence-electron chi connectivity index (χ1n) is 9.99. The van der Waals surface area contributed by atoms with E-state index in [4.69, 9.17) is 9.73 Å². The lowest BCUT2D eigenvalue weighted by molar-refractivity contribution is 0.0179. The lowest BCUT2D eigenvalue weighted by Crippen LogP contribution is -2.43. The molecule has 5 nitrogen and oxygen atoms in total. The van der Waals surface area contributed by atoms with Crippen LogP contribution in [0.5, 0.6) is 0 Å². The summed E-state index contributed by atoms with van der Waals surface area (Å²) in [5, 5.41) is 3.50. The Morgan fingerprint density at radius 3 is 2.48 bits per heavy atom. The van der Waals surface area contributed by atoms with E-state index in [0.29, 0.717) is 11.5 Å². The van der Waals surface area contributed by atoms with E-state index in [-0.39, 0.29) is 24.0 Å². The largest absolute Gasteiger partial charge is 0.379 e. The van der Waals surface area contributed by atoms with Crippen LogP contribution in [0.15, 0.2) is 35.3 Å². The highest BCUT2D eigenvalue weighted by atomic mass is 127. The monoisotopic (exact) mass is 486 g/mol. The van der Waals surface area contributed by atoms with Gasteiger partial charge in [0.05, 0.1) is 25.8 Å². The average Bonchev–Trinajstić information content (AvgIpc) is 3.02. The minimum absolute atomic E-state index is 0. The summed E-state index contributed by atoms with van der Waals surface area (Å²) in [5.41, 5.74) is 1.72. The van der Waals surface area contributed by atoms with E-state index in [1.165, 1.54) is 12.0 Å². The number of halogens is 1. The molecule has 0 amide bonds. The third-order valence-corrected chi connectivity index (χ3v) is 5.40. The smallest absolute Gasteiger partial charge is 0.194 e. The third kappa shape index (κ3) is 6.32. The van der Waals surface area contributed by atoms with Crippen molar-refractivity contribution in [3.63, 3.8) is 0 Å². The number of benzene rings is 1. The second-order valence-corrected chi connectivity index (χ2v) is 8.11. The van der Waals surface area contributed by atoms with Crippen molar-refractivity contribution >= 4 is 29.9 Å². The summed E-state index contributed by atoms with van der Waals surface area (Å²) in [6.45, 7) is 14.3. The number of hydrogen-bond acceptors (Lipinski definition) is 3. The summed E-state index contributed by atoms with van der Waals surface area (Å²) in [5.74, 6) is 1.06. The first kappa shape index (κ1) is 22.4. The molecule has 0 spiro atoms. The summed E-state index contributed by atoms with van der Waals surface area (Å²) in [7, 11) is 0. The lowest BCUT2D eigenvalue weighted by Gasteiger charge is -2.34. The van der Waals surface area contributed by atoms with Gasteiger partial charge in [-0.1, -0.05) is 44.2 Å². The molecule has 2 aliphatic rings. The highest BCUT2D eigenvalue weighted by Gasteiger charge is 2.31. The zero-order valence-electron chi connectivity index (χ0n) is 17.0. The molecule has 0 saturated carbocycles. The summed E-state index contributed by atoms with van der Waals surface area (Å²) in [6, 6.07) is 11.1. The summed E-state index contributed by atoms with van der Waals surface area (Å²) in [6.07, 6.45) is 1.23. The molecule has 1 aromatic rings. The predicted octanol–water partition coefficient (Wildman–Crippen LogP) is 3.38. The Hall–Kier alpha value is -0.860. The first-order chi connectivity index (χ1) is 12.6. The number of nitrogens with zero attached hydrogens (tertiary/aromatic N) is 3. The summed E-state index contributed by atoms with van der Waals surface area (Å²) >= 11 is 0. The molecule has 2 aliphatic heterocycles. The molecule has 152 valence electrons. The van der Waals surface area contributed by atoms with Gasteiger partial charge in [0.15, 0.2) is 5.96 Å². The van der Waals surface area contributed by atoms with Crippen molar-refractivity contribution in [1.29, 1.82) is 0 Å². The minimum atomic E-state index is 0. The number of likely N-dealkylation sites (tertiary alicyclic amines) is 1. The molecular formula is C21H35IN4O. The zero-order valence-corrected chi connectivity index (χ0v) is 19.3. The van der Waals surface area contributed by atoms with Crippen molar-refractivity contribution in [2.45, 2.75) is 33.2 Å². The molecule has 1 unspecified atom stereocenters. The van der Waals surface area contributed by atoms with E-state index in [9.17, 15) is 0 Å². The van der Waals surface area contributed by atoms with Crippen molar-refractivity contribution in [1.82, 2.24) is 15.1 Å². The number of rotatable bonds is 5. The Bertz CT molecular complexity index is 587. The summed E-state index contributed by atoms with van der Waals surface area (Å²) in [4.78, 5) is 10.00. The molecule has 3 rings (SSSR count). The van der Waals surface area contributed by atoms with Gasteiger partial charge in [-0.3, -0.25) is 9.89 Å². The van der Waals surface area contributed by atoms with Crippen LogP contribution in [0.25, 0.3) is 0 Å². The van der Waals surface area contributed by atoms with Crippen LogP contribution in [0.3, 0.4) is 0 Å². The number of guanidine groups is 1. The van der Waals surface area contributed by atoms with E-state index in [1.54, 1.807) is 0 Å². The second-order valence-electron chi connectivity index (χ2n) is 8.11. The van der Waals surface area contributed by atoms with Crippen molar-refractivity contribution in [2.75, 3.05) is 52.5 Å².